The summed E-state index contributed by atoms with van der Waals surface area (Å²) in [6, 6.07) is -0.321. The lowest BCUT2D eigenvalue weighted by molar-refractivity contribution is -0.143. The molecule has 4 nitrogen and oxygen atoms in total. The van der Waals surface area contributed by atoms with Crippen LogP contribution < -0.4 is 5.32 Å². The van der Waals surface area contributed by atoms with Crippen molar-refractivity contribution in [3.05, 3.63) is 0 Å². The highest BCUT2D eigenvalue weighted by Crippen LogP contribution is 2.10. The Morgan fingerprint density at radius 2 is 1.89 bits per heavy atom. The zero-order chi connectivity index (χ0) is 13.2. The second-order valence-corrected chi connectivity index (χ2v) is 5.22. The van der Waals surface area contributed by atoms with Crippen LogP contribution in [-0.4, -0.2) is 48.2 Å². The fourth-order valence-corrected chi connectivity index (χ4v) is 2.53. The number of carboxylic acids is 1. The van der Waals surface area contributed by atoms with E-state index < -0.39 is 5.97 Å². The number of unbranched alkanes of at least 4 members (excludes halogenated alkanes) is 6. The molecule has 1 saturated heterocycles. The molecule has 1 atom stereocenters. The smallest absolute Gasteiger partial charge is 0.322 e. The molecule has 1 heterocycles. The van der Waals surface area contributed by atoms with E-state index in [0.717, 1.165) is 26.1 Å². The molecule has 1 aliphatic heterocycles. The van der Waals surface area contributed by atoms with Crippen molar-refractivity contribution in [3.8, 4) is 0 Å². The number of carbonyl (C=O) groups is 1. The first-order valence-corrected chi connectivity index (χ1v) is 7.43. The lowest BCUT2D eigenvalue weighted by Crippen LogP contribution is -2.55. The number of aliphatic carboxylic acids is 1. The van der Waals surface area contributed by atoms with Crippen molar-refractivity contribution in [1.29, 1.82) is 0 Å². The fraction of sp³-hybridized carbons (Fsp3) is 0.929. The Labute approximate surface area is 111 Å². The predicted octanol–water partition coefficient (Wildman–Crippen LogP) is 2.10. The van der Waals surface area contributed by atoms with Crippen molar-refractivity contribution in [2.45, 2.75) is 57.9 Å². The number of carboxylic acid groups (broad SMARTS) is 1. The van der Waals surface area contributed by atoms with E-state index in [1.807, 2.05) is 0 Å². The molecule has 0 saturated carbocycles. The molecule has 1 unspecified atom stereocenters. The topological polar surface area (TPSA) is 52.6 Å². The van der Waals surface area contributed by atoms with Crippen LogP contribution in [0.25, 0.3) is 0 Å². The van der Waals surface area contributed by atoms with Gasteiger partial charge in [0.25, 0.3) is 0 Å². The summed E-state index contributed by atoms with van der Waals surface area (Å²) in [5.41, 5.74) is 0. The molecular weight excluding hydrogens is 228 g/mol. The van der Waals surface area contributed by atoms with Crippen LogP contribution in [0, 0.1) is 0 Å². The zero-order valence-electron chi connectivity index (χ0n) is 11.7. The Morgan fingerprint density at radius 1 is 1.22 bits per heavy atom. The van der Waals surface area contributed by atoms with E-state index in [2.05, 4.69) is 17.1 Å². The number of piperazine rings is 1. The summed E-state index contributed by atoms with van der Waals surface area (Å²) in [5, 5.41) is 12.3. The highest BCUT2D eigenvalue weighted by atomic mass is 16.4. The van der Waals surface area contributed by atoms with Gasteiger partial charge < -0.3 is 10.4 Å². The van der Waals surface area contributed by atoms with Crippen LogP contribution in [0.1, 0.15) is 51.9 Å². The van der Waals surface area contributed by atoms with E-state index in [1.54, 1.807) is 0 Å². The van der Waals surface area contributed by atoms with E-state index in [9.17, 15) is 4.79 Å². The quantitative estimate of drug-likeness (QED) is 0.620. The Balaban J connectivity index is 2.07. The first-order valence-electron chi connectivity index (χ1n) is 7.43. The average molecular weight is 256 g/mol. The Kier molecular flexibility index (Phi) is 8.01. The number of rotatable bonds is 9. The van der Waals surface area contributed by atoms with Gasteiger partial charge in [-0.3, -0.25) is 9.69 Å². The molecule has 0 bridgehead atoms. The van der Waals surface area contributed by atoms with E-state index in [4.69, 9.17) is 5.11 Å². The van der Waals surface area contributed by atoms with Gasteiger partial charge in [-0.05, 0) is 13.0 Å². The molecule has 0 aromatic carbocycles. The Hall–Kier alpha value is -0.610. The third-order valence-electron chi connectivity index (χ3n) is 3.69. The molecule has 1 fully saturated rings. The molecule has 1 rings (SSSR count). The van der Waals surface area contributed by atoms with Gasteiger partial charge in [0.1, 0.15) is 6.04 Å². The number of nitrogens with zero attached hydrogens (tertiary/aromatic N) is 1. The van der Waals surface area contributed by atoms with Gasteiger partial charge in [0.05, 0.1) is 0 Å². The molecule has 0 aromatic heterocycles. The maximum absolute atomic E-state index is 11.1. The molecule has 0 amide bonds. The summed E-state index contributed by atoms with van der Waals surface area (Å²) in [6.45, 7) is 5.54. The molecule has 0 spiro atoms. The molecule has 0 aromatic rings. The third kappa shape index (κ3) is 5.83. The summed E-state index contributed by atoms with van der Waals surface area (Å²) in [4.78, 5) is 13.2. The fourth-order valence-electron chi connectivity index (χ4n) is 2.53. The summed E-state index contributed by atoms with van der Waals surface area (Å²) in [7, 11) is 0. The predicted molar refractivity (Wildman–Crippen MR) is 73.9 cm³/mol. The lowest BCUT2D eigenvalue weighted by atomic mass is 10.1. The summed E-state index contributed by atoms with van der Waals surface area (Å²) in [6.07, 6.45) is 8.99. The van der Waals surface area contributed by atoms with Crippen LogP contribution in [0.4, 0.5) is 0 Å². The van der Waals surface area contributed by atoms with Crippen molar-refractivity contribution < 1.29 is 9.90 Å². The SMILES string of the molecule is CCCCCCCCCN1CCNCC1C(=O)O. The van der Waals surface area contributed by atoms with Crippen LogP contribution in [0.3, 0.4) is 0 Å². The minimum Gasteiger partial charge on any atom is -0.480 e. The number of nitrogens with one attached hydrogen (secondary N) is 1. The van der Waals surface area contributed by atoms with Crippen molar-refractivity contribution in [2.24, 2.45) is 0 Å². The van der Waals surface area contributed by atoms with Gasteiger partial charge in [-0.1, -0.05) is 45.4 Å². The second kappa shape index (κ2) is 9.34. The Bertz CT molecular complexity index is 234. The normalized spacial score (nSPS) is 21.1. The van der Waals surface area contributed by atoms with Gasteiger partial charge in [-0.2, -0.15) is 0 Å². The van der Waals surface area contributed by atoms with Gasteiger partial charge in [0, 0.05) is 19.6 Å². The first kappa shape index (κ1) is 15.4. The summed E-state index contributed by atoms with van der Waals surface area (Å²) < 4.78 is 0. The number of hydrogen-bond acceptors (Lipinski definition) is 3. The van der Waals surface area contributed by atoms with Crippen molar-refractivity contribution in [3.63, 3.8) is 0 Å². The first-order chi connectivity index (χ1) is 8.75. The molecule has 0 radical (unpaired) electrons. The summed E-state index contributed by atoms with van der Waals surface area (Å²) in [5.74, 6) is -0.690. The molecule has 4 heteroatoms. The minimum atomic E-state index is -0.690. The highest BCUT2D eigenvalue weighted by molar-refractivity contribution is 5.73. The summed E-state index contributed by atoms with van der Waals surface area (Å²) >= 11 is 0. The zero-order valence-corrected chi connectivity index (χ0v) is 11.7. The van der Waals surface area contributed by atoms with Crippen LogP contribution >= 0.6 is 0 Å². The molecular formula is C14H28N2O2. The molecule has 2 N–H and O–H groups in total. The largest absolute Gasteiger partial charge is 0.480 e. The number of hydrogen-bond donors (Lipinski definition) is 2. The van der Waals surface area contributed by atoms with Gasteiger partial charge in [-0.25, -0.2) is 0 Å². The maximum Gasteiger partial charge on any atom is 0.322 e. The third-order valence-corrected chi connectivity index (χ3v) is 3.69. The van der Waals surface area contributed by atoms with Gasteiger partial charge >= 0.3 is 5.97 Å². The van der Waals surface area contributed by atoms with Crippen LogP contribution in [0.5, 0.6) is 0 Å². The van der Waals surface area contributed by atoms with E-state index in [-0.39, 0.29) is 6.04 Å². The standard InChI is InChI=1S/C14H28N2O2/c1-2-3-4-5-6-7-8-10-16-11-9-15-12-13(16)14(17)18/h13,15H,2-12H2,1H3,(H,17,18). The van der Waals surface area contributed by atoms with Crippen molar-refractivity contribution in [2.75, 3.05) is 26.2 Å². The van der Waals surface area contributed by atoms with Crippen molar-refractivity contribution in [1.82, 2.24) is 10.2 Å². The monoisotopic (exact) mass is 256 g/mol. The van der Waals surface area contributed by atoms with Gasteiger partial charge in [0.15, 0.2) is 0 Å². The highest BCUT2D eigenvalue weighted by Gasteiger charge is 2.27. The van der Waals surface area contributed by atoms with E-state index in [1.165, 1.54) is 38.5 Å². The van der Waals surface area contributed by atoms with Crippen LogP contribution in [0.15, 0.2) is 0 Å². The van der Waals surface area contributed by atoms with Crippen molar-refractivity contribution >= 4 is 5.97 Å². The Morgan fingerprint density at radius 3 is 2.56 bits per heavy atom. The molecule has 1 aliphatic rings. The lowest BCUT2D eigenvalue weighted by Gasteiger charge is -2.33. The van der Waals surface area contributed by atoms with E-state index >= 15 is 0 Å². The molecule has 18 heavy (non-hydrogen) atoms. The van der Waals surface area contributed by atoms with Gasteiger partial charge in [0.2, 0.25) is 0 Å². The van der Waals surface area contributed by atoms with Crippen LogP contribution in [0.2, 0.25) is 0 Å². The molecule has 0 aliphatic carbocycles. The van der Waals surface area contributed by atoms with E-state index in [0.29, 0.717) is 6.54 Å². The average Bonchev–Trinajstić information content (AvgIpc) is 2.38. The van der Waals surface area contributed by atoms with Crippen LogP contribution in [-0.2, 0) is 4.79 Å². The maximum atomic E-state index is 11.1. The van der Waals surface area contributed by atoms with Gasteiger partial charge in [-0.15, -0.1) is 0 Å². The second-order valence-electron chi connectivity index (χ2n) is 5.22. The minimum absolute atomic E-state index is 0.321. The molecule has 106 valence electrons.